The van der Waals surface area contributed by atoms with Crippen LogP contribution in [0.25, 0.3) is 0 Å². The summed E-state index contributed by atoms with van der Waals surface area (Å²) >= 11 is 0. The maximum Gasteiger partial charge on any atom is 0.270 e. The quantitative estimate of drug-likeness (QED) is 0.815. The number of carbonyl (C=O) groups excluding carboxylic acids is 1. The molecule has 27 heavy (non-hydrogen) atoms. The van der Waals surface area contributed by atoms with Gasteiger partial charge in [0.25, 0.3) is 5.91 Å². The predicted molar refractivity (Wildman–Crippen MR) is 109 cm³/mol. The predicted octanol–water partition coefficient (Wildman–Crippen LogP) is 2.36. The van der Waals surface area contributed by atoms with Gasteiger partial charge in [0.15, 0.2) is 0 Å². The average Bonchev–Trinajstić information content (AvgIpc) is 2.67. The van der Waals surface area contributed by atoms with Gasteiger partial charge in [-0.15, -0.1) is 0 Å². The standard InChI is InChI=1S/C20H28N6O/c1-15(2)13-21-20(27)18-12-19(23-14-22-18)24-16-4-6-17(7-5-16)26-10-8-25(3)9-11-26/h4-7,12,14-15H,8-11,13H2,1-3H3,(H,21,27)(H,22,23,24). The highest BCUT2D eigenvalue weighted by molar-refractivity contribution is 5.92. The Morgan fingerprint density at radius 2 is 1.81 bits per heavy atom. The van der Waals surface area contributed by atoms with Crippen molar-refractivity contribution in [1.82, 2.24) is 20.2 Å². The van der Waals surface area contributed by atoms with Crippen molar-refractivity contribution in [3.8, 4) is 0 Å². The molecule has 0 unspecified atom stereocenters. The van der Waals surface area contributed by atoms with Gasteiger partial charge in [-0.1, -0.05) is 13.8 Å². The van der Waals surface area contributed by atoms with Gasteiger partial charge >= 0.3 is 0 Å². The Morgan fingerprint density at radius 3 is 2.48 bits per heavy atom. The number of carbonyl (C=O) groups is 1. The number of hydrogen-bond acceptors (Lipinski definition) is 6. The molecule has 1 aromatic heterocycles. The molecule has 7 nitrogen and oxygen atoms in total. The molecule has 1 saturated heterocycles. The smallest absolute Gasteiger partial charge is 0.270 e. The van der Waals surface area contributed by atoms with E-state index in [1.165, 1.54) is 12.0 Å². The van der Waals surface area contributed by atoms with Crippen molar-refractivity contribution in [2.45, 2.75) is 13.8 Å². The highest BCUT2D eigenvalue weighted by Crippen LogP contribution is 2.21. The lowest BCUT2D eigenvalue weighted by Gasteiger charge is -2.34. The fourth-order valence-corrected chi connectivity index (χ4v) is 2.91. The van der Waals surface area contributed by atoms with E-state index in [0.29, 0.717) is 24.0 Å². The van der Waals surface area contributed by atoms with Gasteiger partial charge in [-0.2, -0.15) is 0 Å². The lowest BCUT2D eigenvalue weighted by Crippen LogP contribution is -2.44. The van der Waals surface area contributed by atoms with Gasteiger partial charge < -0.3 is 20.4 Å². The Hall–Kier alpha value is -2.67. The molecule has 0 atom stereocenters. The van der Waals surface area contributed by atoms with Crippen molar-refractivity contribution in [1.29, 1.82) is 0 Å². The van der Waals surface area contributed by atoms with Gasteiger partial charge in [0.05, 0.1) is 0 Å². The second kappa shape index (κ2) is 8.81. The fourth-order valence-electron chi connectivity index (χ4n) is 2.91. The molecule has 2 heterocycles. The normalized spacial score (nSPS) is 15.0. The molecule has 1 aromatic carbocycles. The molecule has 1 amide bonds. The number of hydrogen-bond donors (Lipinski definition) is 2. The van der Waals surface area contributed by atoms with Gasteiger partial charge in [-0.05, 0) is 37.2 Å². The van der Waals surface area contributed by atoms with E-state index in [0.717, 1.165) is 31.9 Å². The first-order chi connectivity index (χ1) is 13.0. The van der Waals surface area contributed by atoms with Crippen molar-refractivity contribution in [3.63, 3.8) is 0 Å². The van der Waals surface area contributed by atoms with Crippen LogP contribution in [0.5, 0.6) is 0 Å². The summed E-state index contributed by atoms with van der Waals surface area (Å²) in [5, 5.41) is 6.11. The summed E-state index contributed by atoms with van der Waals surface area (Å²) in [5.41, 5.74) is 2.52. The molecule has 7 heteroatoms. The van der Waals surface area contributed by atoms with E-state index in [4.69, 9.17) is 0 Å². The maximum atomic E-state index is 12.2. The van der Waals surface area contributed by atoms with E-state index >= 15 is 0 Å². The first-order valence-corrected chi connectivity index (χ1v) is 9.42. The minimum Gasteiger partial charge on any atom is -0.369 e. The summed E-state index contributed by atoms with van der Waals surface area (Å²) in [6.07, 6.45) is 1.41. The Kier molecular flexibility index (Phi) is 6.24. The zero-order valence-electron chi connectivity index (χ0n) is 16.3. The summed E-state index contributed by atoms with van der Waals surface area (Å²) in [6.45, 7) is 9.00. The summed E-state index contributed by atoms with van der Waals surface area (Å²) in [6, 6.07) is 9.97. The number of amides is 1. The Labute approximate surface area is 160 Å². The van der Waals surface area contributed by atoms with Crippen LogP contribution < -0.4 is 15.5 Å². The molecule has 2 aromatic rings. The van der Waals surface area contributed by atoms with Crippen LogP contribution in [-0.2, 0) is 0 Å². The van der Waals surface area contributed by atoms with Gasteiger partial charge in [0.1, 0.15) is 17.8 Å². The molecule has 3 rings (SSSR count). The Morgan fingerprint density at radius 1 is 1.11 bits per heavy atom. The molecule has 1 aliphatic heterocycles. The number of benzene rings is 1. The van der Waals surface area contributed by atoms with Crippen molar-refractivity contribution in [2.24, 2.45) is 5.92 Å². The molecule has 0 spiro atoms. The second-order valence-electron chi connectivity index (χ2n) is 7.35. The van der Waals surface area contributed by atoms with Crippen LogP contribution in [0, 0.1) is 5.92 Å². The number of piperazine rings is 1. The number of aromatic nitrogens is 2. The minimum atomic E-state index is -0.181. The Balaban J connectivity index is 1.62. The average molecular weight is 368 g/mol. The van der Waals surface area contributed by atoms with E-state index in [-0.39, 0.29) is 5.91 Å². The number of nitrogens with one attached hydrogen (secondary N) is 2. The molecule has 1 aliphatic rings. The summed E-state index contributed by atoms with van der Waals surface area (Å²) in [7, 11) is 2.16. The lowest BCUT2D eigenvalue weighted by molar-refractivity contribution is 0.0944. The minimum absolute atomic E-state index is 0.181. The number of anilines is 3. The first-order valence-electron chi connectivity index (χ1n) is 9.42. The van der Waals surface area contributed by atoms with Crippen molar-refractivity contribution in [2.75, 3.05) is 50.0 Å². The van der Waals surface area contributed by atoms with Gasteiger partial charge in [-0.25, -0.2) is 9.97 Å². The fraction of sp³-hybridized carbons (Fsp3) is 0.450. The van der Waals surface area contributed by atoms with Crippen LogP contribution in [0.3, 0.4) is 0 Å². The van der Waals surface area contributed by atoms with E-state index in [1.807, 2.05) is 12.1 Å². The highest BCUT2D eigenvalue weighted by Gasteiger charge is 2.14. The monoisotopic (exact) mass is 368 g/mol. The van der Waals surface area contributed by atoms with Gasteiger partial charge in [-0.3, -0.25) is 4.79 Å². The maximum absolute atomic E-state index is 12.2. The number of rotatable bonds is 6. The third-order valence-electron chi connectivity index (χ3n) is 4.58. The van der Waals surface area contributed by atoms with Crippen molar-refractivity contribution < 1.29 is 4.79 Å². The highest BCUT2D eigenvalue weighted by atomic mass is 16.1. The van der Waals surface area contributed by atoms with Gasteiger partial charge in [0.2, 0.25) is 0 Å². The van der Waals surface area contributed by atoms with Crippen LogP contribution in [0.2, 0.25) is 0 Å². The van der Waals surface area contributed by atoms with Crippen molar-refractivity contribution >= 4 is 23.1 Å². The van der Waals surface area contributed by atoms with Crippen LogP contribution in [0.15, 0.2) is 36.7 Å². The van der Waals surface area contributed by atoms with E-state index in [9.17, 15) is 4.79 Å². The third-order valence-corrected chi connectivity index (χ3v) is 4.58. The Bertz CT molecular complexity index is 753. The summed E-state index contributed by atoms with van der Waals surface area (Å²) < 4.78 is 0. The molecule has 0 saturated carbocycles. The lowest BCUT2D eigenvalue weighted by atomic mass is 10.2. The van der Waals surface area contributed by atoms with Crippen LogP contribution >= 0.6 is 0 Å². The molecule has 144 valence electrons. The zero-order valence-corrected chi connectivity index (χ0v) is 16.3. The second-order valence-corrected chi connectivity index (χ2v) is 7.35. The van der Waals surface area contributed by atoms with E-state index in [1.54, 1.807) is 6.07 Å². The summed E-state index contributed by atoms with van der Waals surface area (Å²) in [4.78, 5) is 25.2. The molecule has 1 fully saturated rings. The molecule has 0 aliphatic carbocycles. The first kappa shape index (κ1) is 19.1. The molecular formula is C20H28N6O. The van der Waals surface area contributed by atoms with E-state index < -0.39 is 0 Å². The third kappa shape index (κ3) is 5.40. The van der Waals surface area contributed by atoms with Crippen LogP contribution in [-0.4, -0.2) is 60.5 Å². The molecular weight excluding hydrogens is 340 g/mol. The number of likely N-dealkylation sites (N-methyl/N-ethyl adjacent to an activating group) is 1. The molecule has 2 N–H and O–H groups in total. The summed E-state index contributed by atoms with van der Waals surface area (Å²) in [5.74, 6) is 0.818. The zero-order chi connectivity index (χ0) is 19.2. The van der Waals surface area contributed by atoms with Gasteiger partial charge in [0, 0.05) is 50.2 Å². The van der Waals surface area contributed by atoms with E-state index in [2.05, 4.69) is 63.4 Å². The van der Waals surface area contributed by atoms with Crippen molar-refractivity contribution in [3.05, 3.63) is 42.4 Å². The largest absolute Gasteiger partial charge is 0.369 e. The van der Waals surface area contributed by atoms with Crippen LogP contribution in [0.1, 0.15) is 24.3 Å². The molecule has 0 radical (unpaired) electrons. The van der Waals surface area contributed by atoms with Crippen LogP contribution in [0.4, 0.5) is 17.2 Å². The number of nitrogens with zero attached hydrogens (tertiary/aromatic N) is 4. The molecule has 0 bridgehead atoms. The topological polar surface area (TPSA) is 73.4 Å². The SMILES string of the molecule is CC(C)CNC(=O)c1cc(Nc2ccc(N3CCN(C)CC3)cc2)ncn1.